The van der Waals surface area contributed by atoms with Crippen molar-refractivity contribution in [3.63, 3.8) is 0 Å². The van der Waals surface area contributed by atoms with Crippen molar-refractivity contribution in [1.82, 2.24) is 9.78 Å². The maximum atomic E-state index is 11.9. The Morgan fingerprint density at radius 1 is 1.76 bits per heavy atom. The first-order chi connectivity index (χ1) is 8.22. The van der Waals surface area contributed by atoms with Crippen molar-refractivity contribution in [3.8, 4) is 0 Å². The molecule has 1 aliphatic rings. The molecular formula is C11H14BrN3OS. The molecule has 0 bridgehead atoms. The molecule has 1 saturated heterocycles. The largest absolute Gasteiger partial charge is 0.379 e. The van der Waals surface area contributed by atoms with E-state index in [-0.39, 0.29) is 5.56 Å². The summed E-state index contributed by atoms with van der Waals surface area (Å²) in [7, 11) is 0. The summed E-state index contributed by atoms with van der Waals surface area (Å²) >= 11 is 5.26. The Hall–Kier alpha value is -0.750. The minimum atomic E-state index is -0.124. The number of rotatable bonds is 4. The molecule has 2 rings (SSSR count). The van der Waals surface area contributed by atoms with E-state index in [4.69, 9.17) is 0 Å². The van der Waals surface area contributed by atoms with E-state index in [0.29, 0.717) is 17.1 Å². The Labute approximate surface area is 113 Å². The lowest BCUT2D eigenvalue weighted by molar-refractivity contribution is 0.647. The van der Waals surface area contributed by atoms with Crippen LogP contribution in [0.3, 0.4) is 0 Å². The second kappa shape index (κ2) is 5.73. The van der Waals surface area contributed by atoms with Crippen LogP contribution >= 0.6 is 27.7 Å². The molecule has 0 aliphatic carbocycles. The van der Waals surface area contributed by atoms with Gasteiger partial charge in [-0.1, -0.05) is 6.08 Å². The molecule has 1 N–H and O–H groups in total. The lowest BCUT2D eigenvalue weighted by Crippen LogP contribution is -2.26. The molecule has 1 fully saturated rings. The van der Waals surface area contributed by atoms with Gasteiger partial charge in [0.1, 0.15) is 4.47 Å². The maximum absolute atomic E-state index is 11.9. The van der Waals surface area contributed by atoms with Crippen molar-refractivity contribution >= 4 is 33.4 Å². The van der Waals surface area contributed by atoms with Crippen LogP contribution in [0.2, 0.25) is 0 Å². The van der Waals surface area contributed by atoms with Gasteiger partial charge in [-0.2, -0.15) is 16.9 Å². The van der Waals surface area contributed by atoms with Crippen LogP contribution in [0.25, 0.3) is 0 Å². The summed E-state index contributed by atoms with van der Waals surface area (Å²) in [5.74, 6) is 2.26. The third kappa shape index (κ3) is 2.93. The standard InChI is InChI=1S/C11H14BrN3OS/c1-2-4-15-11(16)10(12)9(6-13-15)14-8-3-5-17-7-8/h2,6,8,14H,1,3-5,7H2. The highest BCUT2D eigenvalue weighted by atomic mass is 79.9. The predicted octanol–water partition coefficient (Wildman–Crippen LogP) is 2.11. The lowest BCUT2D eigenvalue weighted by Gasteiger charge is -2.14. The molecule has 1 unspecified atom stereocenters. The van der Waals surface area contributed by atoms with Crippen LogP contribution in [0, 0.1) is 0 Å². The Morgan fingerprint density at radius 3 is 3.24 bits per heavy atom. The normalized spacial score (nSPS) is 19.2. The molecular weight excluding hydrogens is 302 g/mol. The number of anilines is 1. The minimum absolute atomic E-state index is 0.124. The summed E-state index contributed by atoms with van der Waals surface area (Å²) in [6.45, 7) is 4.03. The van der Waals surface area contributed by atoms with E-state index in [2.05, 4.69) is 32.9 Å². The Balaban J connectivity index is 2.20. The Kier molecular flexibility index (Phi) is 4.28. The molecule has 4 nitrogen and oxygen atoms in total. The van der Waals surface area contributed by atoms with Gasteiger partial charge < -0.3 is 5.32 Å². The highest BCUT2D eigenvalue weighted by Gasteiger charge is 2.17. The summed E-state index contributed by atoms with van der Waals surface area (Å²) in [5.41, 5.74) is 0.656. The van der Waals surface area contributed by atoms with Crippen LogP contribution < -0.4 is 10.9 Å². The number of nitrogens with one attached hydrogen (secondary N) is 1. The molecule has 92 valence electrons. The highest BCUT2D eigenvalue weighted by molar-refractivity contribution is 9.10. The summed E-state index contributed by atoms with van der Waals surface area (Å²) < 4.78 is 1.93. The number of allylic oxidation sites excluding steroid dienone is 1. The molecule has 1 atom stereocenters. The van der Waals surface area contributed by atoms with Gasteiger partial charge in [0.15, 0.2) is 0 Å². The molecule has 0 amide bonds. The van der Waals surface area contributed by atoms with Crippen molar-refractivity contribution in [1.29, 1.82) is 0 Å². The van der Waals surface area contributed by atoms with Gasteiger partial charge in [-0.25, -0.2) is 4.68 Å². The quantitative estimate of drug-likeness (QED) is 0.864. The van der Waals surface area contributed by atoms with E-state index in [9.17, 15) is 4.79 Å². The zero-order chi connectivity index (χ0) is 12.3. The number of halogens is 1. The summed E-state index contributed by atoms with van der Waals surface area (Å²) in [5, 5.41) is 7.45. The molecule has 0 saturated carbocycles. The fraction of sp³-hybridized carbons (Fsp3) is 0.455. The molecule has 1 aromatic rings. The van der Waals surface area contributed by atoms with Gasteiger partial charge in [0, 0.05) is 11.8 Å². The van der Waals surface area contributed by atoms with Crippen molar-refractivity contribution in [2.75, 3.05) is 16.8 Å². The topological polar surface area (TPSA) is 46.9 Å². The third-order valence-corrected chi connectivity index (χ3v) is 4.51. The Bertz CT molecular complexity index is 468. The SMILES string of the molecule is C=CCn1ncc(NC2CCSC2)c(Br)c1=O. The van der Waals surface area contributed by atoms with Crippen LogP contribution in [0.4, 0.5) is 5.69 Å². The summed E-state index contributed by atoms with van der Waals surface area (Å²) in [6, 6.07) is 0.438. The van der Waals surface area contributed by atoms with Gasteiger partial charge in [-0.3, -0.25) is 4.79 Å². The summed E-state index contributed by atoms with van der Waals surface area (Å²) in [6.07, 6.45) is 4.48. The van der Waals surface area contributed by atoms with Crippen molar-refractivity contribution in [3.05, 3.63) is 33.7 Å². The number of thioether (sulfide) groups is 1. The molecule has 1 aromatic heterocycles. The number of hydrogen-bond donors (Lipinski definition) is 1. The molecule has 0 spiro atoms. The van der Waals surface area contributed by atoms with Crippen molar-refractivity contribution in [2.45, 2.75) is 19.0 Å². The first-order valence-electron chi connectivity index (χ1n) is 5.43. The second-order valence-corrected chi connectivity index (χ2v) is 5.80. The number of nitrogens with zero attached hydrogens (tertiary/aromatic N) is 2. The number of aromatic nitrogens is 2. The predicted molar refractivity (Wildman–Crippen MR) is 75.7 cm³/mol. The lowest BCUT2D eigenvalue weighted by atomic mass is 10.2. The van der Waals surface area contributed by atoms with Crippen molar-refractivity contribution in [2.24, 2.45) is 0 Å². The average Bonchev–Trinajstić information content (AvgIpc) is 2.82. The van der Waals surface area contributed by atoms with Crippen LogP contribution in [0.5, 0.6) is 0 Å². The van der Waals surface area contributed by atoms with E-state index in [1.54, 1.807) is 12.3 Å². The summed E-state index contributed by atoms with van der Waals surface area (Å²) in [4.78, 5) is 11.9. The molecule has 0 radical (unpaired) electrons. The fourth-order valence-corrected chi connectivity index (χ4v) is 3.26. The van der Waals surface area contributed by atoms with Crippen molar-refractivity contribution < 1.29 is 0 Å². The first kappa shape index (κ1) is 12.7. The maximum Gasteiger partial charge on any atom is 0.283 e. The molecule has 6 heteroatoms. The highest BCUT2D eigenvalue weighted by Crippen LogP contribution is 2.23. The van der Waals surface area contributed by atoms with E-state index in [0.717, 1.165) is 17.9 Å². The van der Waals surface area contributed by atoms with E-state index in [1.807, 2.05) is 11.8 Å². The molecule has 1 aliphatic heterocycles. The van der Waals surface area contributed by atoms with Crippen LogP contribution in [-0.4, -0.2) is 27.3 Å². The van der Waals surface area contributed by atoms with Gasteiger partial charge in [-0.05, 0) is 28.1 Å². The van der Waals surface area contributed by atoms with Crippen LogP contribution in [0.15, 0.2) is 28.1 Å². The monoisotopic (exact) mass is 315 g/mol. The molecule has 17 heavy (non-hydrogen) atoms. The minimum Gasteiger partial charge on any atom is -0.379 e. The third-order valence-electron chi connectivity index (χ3n) is 2.58. The van der Waals surface area contributed by atoms with Gasteiger partial charge in [0.25, 0.3) is 5.56 Å². The first-order valence-corrected chi connectivity index (χ1v) is 7.38. The van der Waals surface area contributed by atoms with E-state index in [1.165, 1.54) is 10.4 Å². The van der Waals surface area contributed by atoms with E-state index < -0.39 is 0 Å². The van der Waals surface area contributed by atoms with Gasteiger partial charge in [-0.15, -0.1) is 6.58 Å². The van der Waals surface area contributed by atoms with Gasteiger partial charge >= 0.3 is 0 Å². The second-order valence-electron chi connectivity index (χ2n) is 3.85. The Morgan fingerprint density at radius 2 is 2.59 bits per heavy atom. The smallest absolute Gasteiger partial charge is 0.283 e. The average molecular weight is 316 g/mol. The number of hydrogen-bond acceptors (Lipinski definition) is 4. The van der Waals surface area contributed by atoms with E-state index >= 15 is 0 Å². The zero-order valence-electron chi connectivity index (χ0n) is 9.36. The zero-order valence-corrected chi connectivity index (χ0v) is 11.8. The fourth-order valence-electron chi connectivity index (χ4n) is 1.69. The van der Waals surface area contributed by atoms with Gasteiger partial charge in [0.2, 0.25) is 0 Å². The van der Waals surface area contributed by atoms with Crippen LogP contribution in [-0.2, 0) is 6.54 Å². The van der Waals surface area contributed by atoms with Gasteiger partial charge in [0.05, 0.1) is 18.4 Å². The van der Waals surface area contributed by atoms with Crippen LogP contribution in [0.1, 0.15) is 6.42 Å². The molecule has 0 aromatic carbocycles. The molecule has 2 heterocycles.